The minimum absolute atomic E-state index is 0.0274. The topological polar surface area (TPSA) is 79.3 Å². The molecule has 1 heterocycles. The lowest BCUT2D eigenvalue weighted by atomic mass is 10.0. The summed E-state index contributed by atoms with van der Waals surface area (Å²) in [4.78, 5) is 28.4. The number of nitrogens with one attached hydrogen (secondary N) is 1. The lowest BCUT2D eigenvalue weighted by Crippen LogP contribution is -2.36. The Morgan fingerprint density at radius 3 is 2.58 bits per heavy atom. The van der Waals surface area contributed by atoms with Crippen LogP contribution in [-0.2, 0) is 17.6 Å². The number of carbonyl (C=O) groups excluding carboxylic acids is 1. The summed E-state index contributed by atoms with van der Waals surface area (Å²) < 4.78 is 0. The molecule has 0 aliphatic heterocycles. The van der Waals surface area contributed by atoms with E-state index in [2.05, 4.69) is 10.3 Å². The van der Waals surface area contributed by atoms with Crippen LogP contribution in [0.15, 0.2) is 30.3 Å². The quantitative estimate of drug-likeness (QED) is 0.769. The number of carbonyl (C=O) groups is 2. The van der Waals surface area contributed by atoms with Crippen molar-refractivity contribution in [1.82, 2.24) is 10.3 Å². The van der Waals surface area contributed by atoms with Crippen molar-refractivity contribution in [3.05, 3.63) is 51.5 Å². The zero-order valence-corrected chi connectivity index (χ0v) is 14.7. The number of rotatable bonds is 8. The third-order valence-electron chi connectivity index (χ3n) is 3.72. The molecule has 24 heavy (non-hydrogen) atoms. The Hall–Kier alpha value is -2.21. The Kier molecular flexibility index (Phi) is 6.49. The van der Waals surface area contributed by atoms with Gasteiger partial charge in [-0.05, 0) is 31.7 Å². The van der Waals surface area contributed by atoms with Gasteiger partial charge in [0.1, 0.15) is 4.88 Å². The van der Waals surface area contributed by atoms with Gasteiger partial charge in [-0.1, -0.05) is 37.3 Å². The first-order chi connectivity index (χ1) is 11.5. The van der Waals surface area contributed by atoms with Crippen LogP contribution in [0.2, 0.25) is 0 Å². The fourth-order valence-electron chi connectivity index (χ4n) is 2.49. The molecule has 0 saturated carbocycles. The van der Waals surface area contributed by atoms with Gasteiger partial charge in [-0.15, -0.1) is 11.3 Å². The smallest absolute Gasteiger partial charge is 0.303 e. The summed E-state index contributed by atoms with van der Waals surface area (Å²) in [6.45, 7) is 3.83. The summed E-state index contributed by atoms with van der Waals surface area (Å²) in [6, 6.07) is 9.54. The summed E-state index contributed by atoms with van der Waals surface area (Å²) in [5, 5.41) is 12.9. The van der Waals surface area contributed by atoms with Gasteiger partial charge in [0.05, 0.1) is 10.7 Å². The average molecular weight is 346 g/mol. The van der Waals surface area contributed by atoms with Gasteiger partial charge in [0.25, 0.3) is 5.91 Å². The lowest BCUT2D eigenvalue weighted by Gasteiger charge is -2.18. The van der Waals surface area contributed by atoms with Gasteiger partial charge in [0.15, 0.2) is 0 Å². The zero-order valence-electron chi connectivity index (χ0n) is 13.9. The molecule has 1 amide bonds. The van der Waals surface area contributed by atoms with E-state index >= 15 is 0 Å². The number of aliphatic carboxylic acids is 1. The number of benzene rings is 1. The minimum Gasteiger partial charge on any atom is -0.481 e. The molecule has 128 valence electrons. The summed E-state index contributed by atoms with van der Waals surface area (Å²) in [7, 11) is 0. The molecule has 0 saturated heterocycles. The van der Waals surface area contributed by atoms with Crippen molar-refractivity contribution in [2.45, 2.75) is 45.6 Å². The van der Waals surface area contributed by atoms with Gasteiger partial charge >= 0.3 is 5.97 Å². The Morgan fingerprint density at radius 2 is 2.00 bits per heavy atom. The highest BCUT2D eigenvalue weighted by molar-refractivity contribution is 7.13. The van der Waals surface area contributed by atoms with Gasteiger partial charge in [-0.25, -0.2) is 4.98 Å². The van der Waals surface area contributed by atoms with Gasteiger partial charge < -0.3 is 10.4 Å². The second-order valence-electron chi connectivity index (χ2n) is 5.67. The zero-order chi connectivity index (χ0) is 17.5. The van der Waals surface area contributed by atoms with E-state index in [-0.39, 0.29) is 18.4 Å². The van der Waals surface area contributed by atoms with Crippen LogP contribution in [0.4, 0.5) is 0 Å². The van der Waals surface area contributed by atoms with Crippen LogP contribution in [0.5, 0.6) is 0 Å². The third kappa shape index (κ3) is 5.16. The van der Waals surface area contributed by atoms with Gasteiger partial charge in [-0.3, -0.25) is 9.59 Å². The molecule has 2 N–H and O–H groups in total. The van der Waals surface area contributed by atoms with Crippen molar-refractivity contribution >= 4 is 23.2 Å². The highest BCUT2D eigenvalue weighted by Crippen LogP contribution is 2.19. The van der Waals surface area contributed by atoms with Crippen LogP contribution in [0, 0.1) is 6.92 Å². The summed E-state index contributed by atoms with van der Waals surface area (Å²) >= 11 is 1.40. The number of aryl methyl sites for hydroxylation is 2. The van der Waals surface area contributed by atoms with Crippen molar-refractivity contribution in [3.8, 4) is 0 Å². The molecule has 1 unspecified atom stereocenters. The van der Waals surface area contributed by atoms with E-state index in [1.54, 1.807) is 0 Å². The van der Waals surface area contributed by atoms with Crippen molar-refractivity contribution in [1.29, 1.82) is 0 Å². The third-order valence-corrected chi connectivity index (χ3v) is 5.02. The van der Waals surface area contributed by atoms with E-state index in [4.69, 9.17) is 5.11 Å². The number of aromatic nitrogens is 1. The largest absolute Gasteiger partial charge is 0.481 e. The standard InChI is InChI=1S/C18H22N2O3S/c1-3-15-19-12(2)17(24-15)18(23)20-14(9-10-16(21)22)11-13-7-5-4-6-8-13/h4-8,14H,3,9-11H2,1-2H3,(H,20,23)(H,21,22). The van der Waals surface area contributed by atoms with Crippen molar-refractivity contribution in [3.63, 3.8) is 0 Å². The van der Waals surface area contributed by atoms with Gasteiger partial charge in [0.2, 0.25) is 0 Å². The maximum Gasteiger partial charge on any atom is 0.303 e. The first-order valence-corrected chi connectivity index (χ1v) is 8.84. The predicted octanol–water partition coefficient (Wildman–Crippen LogP) is 3.22. The molecule has 6 heteroatoms. The second-order valence-corrected chi connectivity index (χ2v) is 6.75. The molecule has 0 fully saturated rings. The molecule has 5 nitrogen and oxygen atoms in total. The number of hydrogen-bond acceptors (Lipinski definition) is 4. The molecule has 0 bridgehead atoms. The van der Waals surface area contributed by atoms with Crippen LogP contribution >= 0.6 is 11.3 Å². The van der Waals surface area contributed by atoms with E-state index in [1.807, 2.05) is 44.2 Å². The van der Waals surface area contributed by atoms with E-state index in [0.29, 0.717) is 17.7 Å². The molecule has 0 spiro atoms. The Bertz CT molecular complexity index is 698. The van der Waals surface area contributed by atoms with Crippen molar-refractivity contribution in [2.75, 3.05) is 0 Å². The highest BCUT2D eigenvalue weighted by Gasteiger charge is 2.19. The first kappa shape index (κ1) is 18.1. The maximum absolute atomic E-state index is 12.6. The van der Waals surface area contributed by atoms with Crippen LogP contribution in [0.1, 0.15) is 45.7 Å². The van der Waals surface area contributed by atoms with Crippen LogP contribution in [-0.4, -0.2) is 28.0 Å². The molecule has 2 rings (SSSR count). The fraction of sp³-hybridized carbons (Fsp3) is 0.389. The molecular weight excluding hydrogens is 324 g/mol. The first-order valence-electron chi connectivity index (χ1n) is 8.02. The van der Waals surface area contributed by atoms with E-state index < -0.39 is 5.97 Å². The number of hydrogen-bond donors (Lipinski definition) is 2. The monoisotopic (exact) mass is 346 g/mol. The summed E-state index contributed by atoms with van der Waals surface area (Å²) in [5.41, 5.74) is 1.80. The summed E-state index contributed by atoms with van der Waals surface area (Å²) in [5.74, 6) is -1.03. The Balaban J connectivity index is 2.09. The SMILES string of the molecule is CCc1nc(C)c(C(=O)NC(CCC(=O)O)Cc2ccccc2)s1. The highest BCUT2D eigenvalue weighted by atomic mass is 32.1. The summed E-state index contributed by atoms with van der Waals surface area (Å²) in [6.07, 6.45) is 1.83. The molecule has 0 aliphatic rings. The average Bonchev–Trinajstić information content (AvgIpc) is 2.94. The van der Waals surface area contributed by atoms with Crippen molar-refractivity contribution < 1.29 is 14.7 Å². The number of carboxylic acid groups (broad SMARTS) is 1. The number of amides is 1. The number of nitrogens with zero attached hydrogens (tertiary/aromatic N) is 1. The molecule has 0 radical (unpaired) electrons. The number of thiazole rings is 1. The second kappa shape index (κ2) is 8.59. The molecule has 1 aromatic heterocycles. The molecule has 1 aromatic carbocycles. The van der Waals surface area contributed by atoms with Crippen LogP contribution in [0.25, 0.3) is 0 Å². The fourth-order valence-corrected chi connectivity index (χ4v) is 3.39. The predicted molar refractivity (Wildman–Crippen MR) is 94.5 cm³/mol. The molecule has 2 aromatic rings. The van der Waals surface area contributed by atoms with Crippen LogP contribution in [0.3, 0.4) is 0 Å². The molecule has 1 atom stereocenters. The van der Waals surface area contributed by atoms with E-state index in [9.17, 15) is 9.59 Å². The number of carboxylic acids is 1. The van der Waals surface area contributed by atoms with E-state index in [1.165, 1.54) is 11.3 Å². The van der Waals surface area contributed by atoms with Crippen LogP contribution < -0.4 is 5.32 Å². The Morgan fingerprint density at radius 1 is 1.29 bits per heavy atom. The normalized spacial score (nSPS) is 11.9. The lowest BCUT2D eigenvalue weighted by molar-refractivity contribution is -0.137. The molecule has 0 aliphatic carbocycles. The Labute approximate surface area is 145 Å². The van der Waals surface area contributed by atoms with Gasteiger partial charge in [-0.2, -0.15) is 0 Å². The van der Waals surface area contributed by atoms with Gasteiger partial charge in [0, 0.05) is 12.5 Å². The molecular formula is C18H22N2O3S. The minimum atomic E-state index is -0.857. The van der Waals surface area contributed by atoms with E-state index in [0.717, 1.165) is 22.7 Å². The van der Waals surface area contributed by atoms with Crippen molar-refractivity contribution in [2.24, 2.45) is 0 Å². The maximum atomic E-state index is 12.6.